The summed E-state index contributed by atoms with van der Waals surface area (Å²) in [4.78, 5) is 37.2. The van der Waals surface area contributed by atoms with Crippen molar-refractivity contribution < 1.29 is 24.0 Å². The molecule has 1 aliphatic heterocycles. The van der Waals surface area contributed by atoms with Crippen molar-refractivity contribution in [3.63, 3.8) is 0 Å². The van der Waals surface area contributed by atoms with Crippen molar-refractivity contribution in [3.8, 4) is 0 Å². The molecule has 0 bridgehead atoms. The van der Waals surface area contributed by atoms with E-state index >= 15 is 0 Å². The smallest absolute Gasteiger partial charge is 0.410 e. The minimum absolute atomic E-state index is 0.0187. The van der Waals surface area contributed by atoms with Gasteiger partial charge in [-0.05, 0) is 45.8 Å². The van der Waals surface area contributed by atoms with Crippen LogP contribution in [0.4, 0.5) is 10.5 Å². The molecule has 0 spiro atoms. The number of para-hydroxylation sites is 1. The average Bonchev–Trinajstić information content (AvgIpc) is 2.60. The molecular formula is C19H24N2O6. The van der Waals surface area contributed by atoms with Crippen LogP contribution < -0.4 is 0 Å². The van der Waals surface area contributed by atoms with Crippen LogP contribution in [0.2, 0.25) is 0 Å². The molecule has 1 heterocycles. The summed E-state index contributed by atoms with van der Waals surface area (Å²) in [5.41, 5.74) is 0.391. The van der Waals surface area contributed by atoms with Gasteiger partial charge in [0.2, 0.25) is 0 Å². The molecule has 146 valence electrons. The van der Waals surface area contributed by atoms with Gasteiger partial charge >= 0.3 is 12.1 Å². The third-order valence-electron chi connectivity index (χ3n) is 3.94. The van der Waals surface area contributed by atoms with E-state index in [0.717, 1.165) is 0 Å². The molecule has 2 rings (SSSR count). The summed E-state index contributed by atoms with van der Waals surface area (Å²) in [5.74, 6) is -0.584. The summed E-state index contributed by atoms with van der Waals surface area (Å²) in [6.45, 7) is 7.39. The van der Waals surface area contributed by atoms with Crippen LogP contribution in [-0.2, 0) is 14.3 Å². The highest BCUT2D eigenvalue weighted by molar-refractivity contribution is 6.00. The Morgan fingerprint density at radius 2 is 1.93 bits per heavy atom. The topological polar surface area (TPSA) is 99.0 Å². The molecule has 8 heteroatoms. The van der Waals surface area contributed by atoms with Crippen LogP contribution in [-0.4, -0.2) is 47.2 Å². The second-order valence-corrected chi connectivity index (χ2v) is 7.10. The van der Waals surface area contributed by atoms with E-state index in [0.29, 0.717) is 17.7 Å². The first-order valence-electron chi connectivity index (χ1n) is 8.75. The van der Waals surface area contributed by atoms with E-state index in [9.17, 15) is 19.7 Å². The molecule has 0 N–H and O–H groups in total. The Bertz CT molecular complexity index is 779. The molecule has 0 radical (unpaired) electrons. The molecule has 1 aromatic carbocycles. The lowest BCUT2D eigenvalue weighted by molar-refractivity contribution is -0.385. The van der Waals surface area contributed by atoms with Gasteiger partial charge in [0.15, 0.2) is 0 Å². The first-order chi connectivity index (χ1) is 12.6. The number of nitrogens with zero attached hydrogens (tertiary/aromatic N) is 2. The Morgan fingerprint density at radius 3 is 2.52 bits per heavy atom. The van der Waals surface area contributed by atoms with Crippen molar-refractivity contribution in [2.24, 2.45) is 0 Å². The number of benzene rings is 1. The summed E-state index contributed by atoms with van der Waals surface area (Å²) < 4.78 is 10.5. The highest BCUT2D eigenvalue weighted by Gasteiger charge is 2.32. The molecule has 0 aromatic heterocycles. The van der Waals surface area contributed by atoms with E-state index in [1.54, 1.807) is 45.9 Å². The number of esters is 1. The summed E-state index contributed by atoms with van der Waals surface area (Å²) >= 11 is 0. The second kappa shape index (κ2) is 8.20. The molecule has 0 aliphatic carbocycles. The first-order valence-corrected chi connectivity index (χ1v) is 8.75. The van der Waals surface area contributed by atoms with Crippen LogP contribution in [0.15, 0.2) is 29.8 Å². The number of hydrogen-bond acceptors (Lipinski definition) is 6. The molecule has 0 atom stereocenters. The third-order valence-corrected chi connectivity index (χ3v) is 3.94. The van der Waals surface area contributed by atoms with E-state index in [-0.39, 0.29) is 30.8 Å². The zero-order valence-electron chi connectivity index (χ0n) is 16.0. The van der Waals surface area contributed by atoms with Crippen molar-refractivity contribution in [3.05, 3.63) is 45.5 Å². The maximum absolute atomic E-state index is 12.5. The number of amides is 1. The Balaban J connectivity index is 2.44. The molecule has 1 aliphatic rings. The number of hydrogen-bond donors (Lipinski definition) is 0. The predicted molar refractivity (Wildman–Crippen MR) is 99.1 cm³/mol. The average molecular weight is 376 g/mol. The van der Waals surface area contributed by atoms with Gasteiger partial charge in [-0.2, -0.15) is 0 Å². The largest absolute Gasteiger partial charge is 0.463 e. The van der Waals surface area contributed by atoms with Crippen LogP contribution in [0.25, 0.3) is 5.57 Å². The number of ether oxygens (including phenoxy) is 2. The summed E-state index contributed by atoms with van der Waals surface area (Å²) in [6, 6.07) is 6.25. The lowest BCUT2D eigenvalue weighted by Crippen LogP contribution is -2.42. The number of nitro groups is 1. The molecule has 1 aromatic rings. The molecule has 1 amide bonds. The van der Waals surface area contributed by atoms with Gasteiger partial charge in [-0.25, -0.2) is 9.59 Å². The van der Waals surface area contributed by atoms with Crippen LogP contribution in [0, 0.1) is 10.1 Å². The van der Waals surface area contributed by atoms with Crippen molar-refractivity contribution in [2.75, 3.05) is 19.7 Å². The van der Waals surface area contributed by atoms with Crippen molar-refractivity contribution in [1.82, 2.24) is 4.90 Å². The van der Waals surface area contributed by atoms with Crippen molar-refractivity contribution in [2.45, 2.75) is 39.7 Å². The monoisotopic (exact) mass is 376 g/mol. The van der Waals surface area contributed by atoms with Crippen LogP contribution >= 0.6 is 0 Å². The summed E-state index contributed by atoms with van der Waals surface area (Å²) in [7, 11) is 0. The fraction of sp³-hybridized carbons (Fsp3) is 0.474. The van der Waals surface area contributed by atoms with Gasteiger partial charge in [0.05, 0.1) is 29.2 Å². The highest BCUT2D eigenvalue weighted by atomic mass is 16.6. The predicted octanol–water partition coefficient (Wildman–Crippen LogP) is 3.55. The molecule has 8 nitrogen and oxygen atoms in total. The number of carbonyl (C=O) groups is 2. The lowest BCUT2D eigenvalue weighted by atomic mass is 9.92. The van der Waals surface area contributed by atoms with Gasteiger partial charge in [-0.1, -0.05) is 12.1 Å². The van der Waals surface area contributed by atoms with Crippen LogP contribution in [0.5, 0.6) is 0 Å². The first kappa shape index (κ1) is 20.4. The van der Waals surface area contributed by atoms with E-state index in [2.05, 4.69) is 0 Å². The Kier molecular flexibility index (Phi) is 6.20. The minimum Gasteiger partial charge on any atom is -0.463 e. The Hall–Kier alpha value is -2.90. The van der Waals surface area contributed by atoms with Crippen molar-refractivity contribution >= 4 is 23.3 Å². The molecule has 0 unspecified atom stereocenters. The minimum atomic E-state index is -0.663. The summed E-state index contributed by atoms with van der Waals surface area (Å²) in [6.07, 6.45) is -0.246. The standard InChI is InChI=1S/C19H24N2O6/c1-5-26-17(22)15-12-20(18(23)27-19(2,3)4)11-10-13(15)14-8-6-7-9-16(14)21(24)25/h6-9H,5,10-12H2,1-4H3. The second-order valence-electron chi connectivity index (χ2n) is 7.10. The normalized spacial score (nSPS) is 14.7. The van der Waals surface area contributed by atoms with Gasteiger partial charge in [-0.3, -0.25) is 10.1 Å². The number of nitro benzene ring substituents is 1. The zero-order valence-corrected chi connectivity index (χ0v) is 16.0. The zero-order chi connectivity index (χ0) is 20.2. The number of carbonyl (C=O) groups excluding carboxylic acids is 2. The van der Waals surface area contributed by atoms with E-state index in [1.165, 1.54) is 11.0 Å². The molecular weight excluding hydrogens is 352 g/mol. The third kappa shape index (κ3) is 5.06. The van der Waals surface area contributed by atoms with Crippen LogP contribution in [0.3, 0.4) is 0 Å². The van der Waals surface area contributed by atoms with Gasteiger partial charge < -0.3 is 14.4 Å². The van der Waals surface area contributed by atoms with Crippen molar-refractivity contribution in [1.29, 1.82) is 0 Å². The quantitative estimate of drug-likeness (QED) is 0.453. The Labute approximate surface area is 157 Å². The fourth-order valence-electron chi connectivity index (χ4n) is 2.84. The molecule has 0 fully saturated rings. The maximum atomic E-state index is 12.5. The van der Waals surface area contributed by atoms with Gasteiger partial charge in [-0.15, -0.1) is 0 Å². The van der Waals surface area contributed by atoms with Crippen LogP contribution in [0.1, 0.15) is 39.7 Å². The SMILES string of the molecule is CCOC(=O)C1=C(c2ccccc2[N+](=O)[O-])CCN(C(=O)OC(C)(C)C)C1. The number of rotatable bonds is 4. The fourth-order valence-corrected chi connectivity index (χ4v) is 2.84. The van der Waals surface area contributed by atoms with E-state index < -0.39 is 22.6 Å². The highest BCUT2D eigenvalue weighted by Crippen LogP contribution is 2.34. The molecule has 0 saturated carbocycles. The summed E-state index contributed by atoms with van der Waals surface area (Å²) in [5, 5.41) is 11.4. The molecule has 27 heavy (non-hydrogen) atoms. The molecule has 0 saturated heterocycles. The van der Waals surface area contributed by atoms with Gasteiger partial charge in [0, 0.05) is 12.6 Å². The lowest BCUT2D eigenvalue weighted by Gasteiger charge is -2.32. The Morgan fingerprint density at radius 1 is 1.26 bits per heavy atom. The maximum Gasteiger partial charge on any atom is 0.410 e. The van der Waals surface area contributed by atoms with E-state index in [1.807, 2.05) is 0 Å². The van der Waals surface area contributed by atoms with E-state index in [4.69, 9.17) is 9.47 Å². The van der Waals surface area contributed by atoms with Gasteiger partial charge in [0.1, 0.15) is 5.60 Å². The van der Waals surface area contributed by atoms with Gasteiger partial charge in [0.25, 0.3) is 5.69 Å².